The van der Waals surface area contributed by atoms with Crippen LogP contribution in [-0.2, 0) is 6.54 Å². The van der Waals surface area contributed by atoms with Crippen LogP contribution in [0.1, 0.15) is 19.4 Å². The maximum atomic E-state index is 4.54. The molecule has 0 aliphatic heterocycles. The third-order valence-corrected chi connectivity index (χ3v) is 4.32. The summed E-state index contributed by atoms with van der Waals surface area (Å²) in [7, 11) is 1.97. The fourth-order valence-corrected chi connectivity index (χ4v) is 3.06. The number of hydrogen-bond donors (Lipinski definition) is 1. The standard InChI is InChI=1S/C20H24N4/c1-4-24(5-2)20-18-12-17(9-10-19(18)22-14-23-20)16-8-6-7-15(11-16)13-21-3/h6-12,14,21H,4-5,13H2,1-3H3. The third kappa shape index (κ3) is 3.24. The molecule has 24 heavy (non-hydrogen) atoms. The summed E-state index contributed by atoms with van der Waals surface area (Å²) in [5, 5.41) is 4.31. The van der Waals surface area contributed by atoms with Gasteiger partial charge in [0.15, 0.2) is 0 Å². The number of benzene rings is 2. The molecule has 1 N–H and O–H groups in total. The average Bonchev–Trinajstić information content (AvgIpc) is 2.63. The van der Waals surface area contributed by atoms with Gasteiger partial charge in [0.2, 0.25) is 0 Å². The van der Waals surface area contributed by atoms with Crippen molar-refractivity contribution in [2.45, 2.75) is 20.4 Å². The van der Waals surface area contributed by atoms with Gasteiger partial charge in [-0.05, 0) is 55.8 Å². The molecule has 3 aromatic rings. The largest absolute Gasteiger partial charge is 0.357 e. The van der Waals surface area contributed by atoms with Crippen molar-refractivity contribution in [2.24, 2.45) is 0 Å². The number of rotatable bonds is 6. The van der Waals surface area contributed by atoms with Gasteiger partial charge in [-0.3, -0.25) is 0 Å². The van der Waals surface area contributed by atoms with Crippen molar-refractivity contribution in [3.8, 4) is 11.1 Å². The second-order valence-electron chi connectivity index (χ2n) is 5.83. The van der Waals surface area contributed by atoms with Crippen LogP contribution in [0.25, 0.3) is 22.0 Å². The van der Waals surface area contributed by atoms with Gasteiger partial charge in [-0.1, -0.05) is 24.3 Å². The Morgan fingerprint density at radius 3 is 2.50 bits per heavy atom. The fraction of sp³-hybridized carbons (Fsp3) is 0.300. The van der Waals surface area contributed by atoms with E-state index in [4.69, 9.17) is 0 Å². The summed E-state index contributed by atoms with van der Waals surface area (Å²) in [5.41, 5.74) is 4.69. The van der Waals surface area contributed by atoms with Crippen LogP contribution in [0.4, 0.5) is 5.82 Å². The highest BCUT2D eigenvalue weighted by atomic mass is 15.2. The average molecular weight is 320 g/mol. The quantitative estimate of drug-likeness (QED) is 0.749. The van der Waals surface area contributed by atoms with E-state index < -0.39 is 0 Å². The van der Waals surface area contributed by atoms with Gasteiger partial charge < -0.3 is 10.2 Å². The van der Waals surface area contributed by atoms with Crippen molar-refractivity contribution < 1.29 is 0 Å². The number of anilines is 1. The number of nitrogens with one attached hydrogen (secondary N) is 1. The summed E-state index contributed by atoms with van der Waals surface area (Å²) in [6.07, 6.45) is 1.66. The highest BCUT2D eigenvalue weighted by Gasteiger charge is 2.10. The molecular formula is C20H24N4. The van der Waals surface area contributed by atoms with Gasteiger partial charge in [-0.2, -0.15) is 0 Å². The summed E-state index contributed by atoms with van der Waals surface area (Å²) in [5.74, 6) is 1.01. The van der Waals surface area contributed by atoms with Gasteiger partial charge in [-0.25, -0.2) is 9.97 Å². The van der Waals surface area contributed by atoms with Gasteiger partial charge in [0.25, 0.3) is 0 Å². The minimum absolute atomic E-state index is 0.870. The Morgan fingerprint density at radius 1 is 0.958 bits per heavy atom. The van der Waals surface area contributed by atoms with Crippen molar-refractivity contribution in [1.82, 2.24) is 15.3 Å². The molecule has 4 heteroatoms. The smallest absolute Gasteiger partial charge is 0.139 e. The fourth-order valence-electron chi connectivity index (χ4n) is 3.06. The first-order valence-corrected chi connectivity index (χ1v) is 8.50. The van der Waals surface area contributed by atoms with Gasteiger partial charge in [0.1, 0.15) is 12.1 Å². The van der Waals surface area contributed by atoms with Crippen LogP contribution in [0.15, 0.2) is 48.8 Å². The van der Waals surface area contributed by atoms with Crippen molar-refractivity contribution in [3.63, 3.8) is 0 Å². The van der Waals surface area contributed by atoms with Crippen LogP contribution >= 0.6 is 0 Å². The Hall–Kier alpha value is -2.46. The van der Waals surface area contributed by atoms with Gasteiger partial charge in [0.05, 0.1) is 5.52 Å². The first-order valence-electron chi connectivity index (χ1n) is 8.50. The molecule has 0 saturated heterocycles. The molecule has 0 unspecified atom stereocenters. The highest BCUT2D eigenvalue weighted by Crippen LogP contribution is 2.29. The molecule has 124 valence electrons. The molecule has 0 atom stereocenters. The predicted octanol–water partition coefficient (Wildman–Crippen LogP) is 3.86. The van der Waals surface area contributed by atoms with Gasteiger partial charge >= 0.3 is 0 Å². The van der Waals surface area contributed by atoms with Crippen LogP contribution in [0.3, 0.4) is 0 Å². The molecule has 0 saturated carbocycles. The lowest BCUT2D eigenvalue weighted by Gasteiger charge is -2.21. The molecule has 0 spiro atoms. The van der Waals surface area contributed by atoms with E-state index in [1.165, 1.54) is 16.7 Å². The highest BCUT2D eigenvalue weighted by molar-refractivity contribution is 5.92. The third-order valence-electron chi connectivity index (χ3n) is 4.32. The van der Waals surface area contributed by atoms with Crippen molar-refractivity contribution in [3.05, 3.63) is 54.4 Å². The zero-order valence-electron chi connectivity index (χ0n) is 14.6. The second kappa shape index (κ2) is 7.41. The van der Waals surface area contributed by atoms with E-state index in [0.29, 0.717) is 0 Å². The molecule has 0 aliphatic rings. The molecule has 1 heterocycles. The topological polar surface area (TPSA) is 41.1 Å². The van der Waals surface area contributed by atoms with Crippen LogP contribution in [0.2, 0.25) is 0 Å². The lowest BCUT2D eigenvalue weighted by atomic mass is 10.0. The van der Waals surface area contributed by atoms with Crippen LogP contribution in [-0.4, -0.2) is 30.1 Å². The van der Waals surface area contributed by atoms with Crippen LogP contribution < -0.4 is 10.2 Å². The Morgan fingerprint density at radius 2 is 1.75 bits per heavy atom. The predicted molar refractivity (Wildman–Crippen MR) is 101 cm³/mol. The van der Waals surface area contributed by atoms with Crippen molar-refractivity contribution >= 4 is 16.7 Å². The monoisotopic (exact) mass is 320 g/mol. The molecule has 2 aromatic carbocycles. The Labute approximate surface area is 143 Å². The zero-order valence-corrected chi connectivity index (χ0v) is 14.6. The lowest BCUT2D eigenvalue weighted by Crippen LogP contribution is -2.23. The summed E-state index contributed by atoms with van der Waals surface area (Å²) in [6.45, 7) is 7.05. The van der Waals surface area contributed by atoms with Gasteiger partial charge in [0, 0.05) is 25.0 Å². The van der Waals surface area contributed by atoms with Crippen molar-refractivity contribution in [2.75, 3.05) is 25.0 Å². The number of aromatic nitrogens is 2. The minimum Gasteiger partial charge on any atom is -0.357 e. The zero-order chi connectivity index (χ0) is 16.9. The summed E-state index contributed by atoms with van der Waals surface area (Å²) >= 11 is 0. The first-order chi connectivity index (χ1) is 11.8. The number of nitrogens with zero attached hydrogens (tertiary/aromatic N) is 3. The molecule has 3 rings (SSSR count). The Balaban J connectivity index is 2.10. The summed E-state index contributed by atoms with van der Waals surface area (Å²) in [4.78, 5) is 11.2. The SMILES string of the molecule is CCN(CC)c1ncnc2ccc(-c3cccc(CNC)c3)cc12. The maximum Gasteiger partial charge on any atom is 0.139 e. The lowest BCUT2D eigenvalue weighted by molar-refractivity contribution is 0.818. The maximum absolute atomic E-state index is 4.54. The van der Waals surface area contributed by atoms with E-state index in [-0.39, 0.29) is 0 Å². The van der Waals surface area contributed by atoms with E-state index in [2.05, 4.69) is 76.5 Å². The summed E-state index contributed by atoms with van der Waals surface area (Å²) < 4.78 is 0. The molecular weight excluding hydrogens is 296 g/mol. The Bertz CT molecular complexity index is 825. The molecule has 1 aromatic heterocycles. The van der Waals surface area contributed by atoms with Crippen LogP contribution in [0.5, 0.6) is 0 Å². The second-order valence-corrected chi connectivity index (χ2v) is 5.83. The molecule has 0 fully saturated rings. The van der Waals surface area contributed by atoms with E-state index >= 15 is 0 Å². The van der Waals surface area contributed by atoms with E-state index in [1.54, 1.807) is 6.33 Å². The van der Waals surface area contributed by atoms with Gasteiger partial charge in [-0.15, -0.1) is 0 Å². The molecule has 0 radical (unpaired) electrons. The van der Waals surface area contributed by atoms with Crippen LogP contribution in [0, 0.1) is 0 Å². The van der Waals surface area contributed by atoms with E-state index in [0.717, 1.165) is 36.4 Å². The molecule has 0 amide bonds. The minimum atomic E-state index is 0.870. The molecule has 0 bridgehead atoms. The summed E-state index contributed by atoms with van der Waals surface area (Å²) in [6, 6.07) is 15.1. The van der Waals surface area contributed by atoms with E-state index in [1.807, 2.05) is 7.05 Å². The number of hydrogen-bond acceptors (Lipinski definition) is 4. The number of fused-ring (bicyclic) bond motifs is 1. The Kier molecular flexibility index (Phi) is 5.06. The van der Waals surface area contributed by atoms with E-state index in [9.17, 15) is 0 Å². The molecule has 0 aliphatic carbocycles. The van der Waals surface area contributed by atoms with Crippen molar-refractivity contribution in [1.29, 1.82) is 0 Å². The first kappa shape index (κ1) is 16.4. The normalized spacial score (nSPS) is 11.0. The molecule has 4 nitrogen and oxygen atoms in total.